The minimum Gasteiger partial charge on any atom is -0.370 e. The highest BCUT2D eigenvalue weighted by Gasteiger charge is 2.07. The van der Waals surface area contributed by atoms with E-state index in [0.717, 1.165) is 6.54 Å². The van der Waals surface area contributed by atoms with Crippen LogP contribution in [0.4, 0.5) is 21.7 Å². The molecule has 0 saturated carbocycles. The van der Waals surface area contributed by atoms with Crippen molar-refractivity contribution in [1.82, 2.24) is 9.97 Å². The van der Waals surface area contributed by atoms with Gasteiger partial charge in [0.05, 0.1) is 5.69 Å². The Bertz CT molecular complexity index is 527. The SMILES string of the molecule is CCNc1cc(Nc2c(F)cccc2Br)ncn1. The first-order valence-electron chi connectivity index (χ1n) is 5.47. The van der Waals surface area contributed by atoms with E-state index < -0.39 is 0 Å². The predicted octanol–water partition coefficient (Wildman–Crippen LogP) is 3.55. The molecule has 1 aromatic carbocycles. The minimum absolute atomic E-state index is 0.340. The Morgan fingerprint density at radius 1 is 1.28 bits per heavy atom. The number of hydrogen-bond acceptors (Lipinski definition) is 4. The molecule has 0 spiro atoms. The lowest BCUT2D eigenvalue weighted by molar-refractivity contribution is 0.631. The standard InChI is InChI=1S/C12H12BrFN4/c1-2-15-10-6-11(17-7-16-10)18-12-8(13)4-3-5-9(12)14/h3-7H,2H2,1H3,(H2,15,16,17,18). The zero-order valence-electron chi connectivity index (χ0n) is 9.74. The van der Waals surface area contributed by atoms with Crippen LogP contribution in [-0.2, 0) is 0 Å². The van der Waals surface area contributed by atoms with Crippen molar-refractivity contribution in [2.75, 3.05) is 17.2 Å². The maximum atomic E-state index is 13.6. The summed E-state index contributed by atoms with van der Waals surface area (Å²) in [6.07, 6.45) is 1.43. The molecule has 0 radical (unpaired) electrons. The number of benzene rings is 1. The van der Waals surface area contributed by atoms with E-state index in [1.165, 1.54) is 12.4 Å². The average Bonchev–Trinajstić information content (AvgIpc) is 2.35. The van der Waals surface area contributed by atoms with Crippen LogP contribution < -0.4 is 10.6 Å². The van der Waals surface area contributed by atoms with Crippen LogP contribution in [0.3, 0.4) is 0 Å². The van der Waals surface area contributed by atoms with Gasteiger partial charge in [-0.1, -0.05) is 6.07 Å². The lowest BCUT2D eigenvalue weighted by Crippen LogP contribution is -2.02. The molecule has 0 amide bonds. The van der Waals surface area contributed by atoms with E-state index in [-0.39, 0.29) is 5.82 Å². The van der Waals surface area contributed by atoms with Gasteiger partial charge in [0.15, 0.2) is 0 Å². The number of para-hydroxylation sites is 1. The Balaban J connectivity index is 2.26. The monoisotopic (exact) mass is 310 g/mol. The molecule has 18 heavy (non-hydrogen) atoms. The molecule has 1 heterocycles. The zero-order chi connectivity index (χ0) is 13.0. The highest BCUT2D eigenvalue weighted by atomic mass is 79.9. The van der Waals surface area contributed by atoms with Gasteiger partial charge in [-0.2, -0.15) is 0 Å². The van der Waals surface area contributed by atoms with Crippen molar-refractivity contribution >= 4 is 33.3 Å². The molecule has 0 atom stereocenters. The van der Waals surface area contributed by atoms with Crippen LogP contribution >= 0.6 is 15.9 Å². The fourth-order valence-electron chi connectivity index (χ4n) is 1.45. The summed E-state index contributed by atoms with van der Waals surface area (Å²) in [4.78, 5) is 8.10. The van der Waals surface area contributed by atoms with Crippen LogP contribution in [0.5, 0.6) is 0 Å². The van der Waals surface area contributed by atoms with Crippen molar-refractivity contribution in [2.45, 2.75) is 6.92 Å². The quantitative estimate of drug-likeness (QED) is 0.906. The molecule has 94 valence electrons. The lowest BCUT2D eigenvalue weighted by atomic mass is 10.3. The molecule has 2 N–H and O–H groups in total. The zero-order valence-corrected chi connectivity index (χ0v) is 11.3. The van der Waals surface area contributed by atoms with Crippen LogP contribution in [0.1, 0.15) is 6.92 Å². The van der Waals surface area contributed by atoms with Gasteiger partial charge in [-0.25, -0.2) is 14.4 Å². The molecule has 2 aromatic rings. The van der Waals surface area contributed by atoms with E-state index in [1.54, 1.807) is 18.2 Å². The summed E-state index contributed by atoms with van der Waals surface area (Å²) in [7, 11) is 0. The smallest absolute Gasteiger partial charge is 0.147 e. The van der Waals surface area contributed by atoms with E-state index >= 15 is 0 Å². The molecule has 0 unspecified atom stereocenters. The van der Waals surface area contributed by atoms with Crippen molar-refractivity contribution in [3.63, 3.8) is 0 Å². The number of halogens is 2. The summed E-state index contributed by atoms with van der Waals surface area (Å²) in [5.41, 5.74) is 0.360. The van der Waals surface area contributed by atoms with Crippen LogP contribution in [0.25, 0.3) is 0 Å². The Morgan fingerprint density at radius 2 is 2.06 bits per heavy atom. The third kappa shape index (κ3) is 2.95. The molecule has 0 aliphatic rings. The Morgan fingerprint density at radius 3 is 2.78 bits per heavy atom. The van der Waals surface area contributed by atoms with Gasteiger partial charge >= 0.3 is 0 Å². The Kier molecular flexibility index (Phi) is 4.09. The van der Waals surface area contributed by atoms with E-state index in [0.29, 0.717) is 21.8 Å². The summed E-state index contributed by atoms with van der Waals surface area (Å²) < 4.78 is 14.3. The van der Waals surface area contributed by atoms with Gasteiger partial charge < -0.3 is 10.6 Å². The second kappa shape index (κ2) is 5.77. The lowest BCUT2D eigenvalue weighted by Gasteiger charge is -2.09. The first kappa shape index (κ1) is 12.8. The van der Waals surface area contributed by atoms with Gasteiger partial charge in [0.25, 0.3) is 0 Å². The van der Waals surface area contributed by atoms with Gasteiger partial charge in [0.1, 0.15) is 23.8 Å². The summed E-state index contributed by atoms with van der Waals surface area (Å²) in [5, 5.41) is 5.99. The Labute approximate surface area is 113 Å². The molecule has 6 heteroatoms. The number of anilines is 3. The van der Waals surface area contributed by atoms with Gasteiger partial charge in [0.2, 0.25) is 0 Å². The summed E-state index contributed by atoms with van der Waals surface area (Å²) in [5.74, 6) is 0.891. The normalized spacial score (nSPS) is 10.2. The van der Waals surface area contributed by atoms with Gasteiger partial charge in [-0.05, 0) is 35.0 Å². The largest absolute Gasteiger partial charge is 0.370 e. The second-order valence-corrected chi connectivity index (χ2v) is 4.39. The molecule has 2 rings (SSSR count). The van der Waals surface area contributed by atoms with E-state index in [4.69, 9.17) is 0 Å². The maximum Gasteiger partial charge on any atom is 0.147 e. The fraction of sp³-hybridized carbons (Fsp3) is 0.167. The number of nitrogens with one attached hydrogen (secondary N) is 2. The van der Waals surface area contributed by atoms with Gasteiger partial charge in [0, 0.05) is 17.1 Å². The number of nitrogens with zero attached hydrogens (tertiary/aromatic N) is 2. The van der Waals surface area contributed by atoms with Crippen LogP contribution in [0, 0.1) is 5.82 Å². The summed E-state index contributed by atoms with van der Waals surface area (Å²) in [6.45, 7) is 2.74. The predicted molar refractivity (Wildman–Crippen MR) is 73.6 cm³/mol. The van der Waals surface area contributed by atoms with Crippen molar-refractivity contribution in [3.8, 4) is 0 Å². The number of hydrogen-bond donors (Lipinski definition) is 2. The second-order valence-electron chi connectivity index (χ2n) is 3.54. The highest BCUT2D eigenvalue weighted by molar-refractivity contribution is 9.10. The topological polar surface area (TPSA) is 49.8 Å². The molecule has 0 aliphatic heterocycles. The van der Waals surface area contributed by atoms with Crippen LogP contribution in [0.15, 0.2) is 35.1 Å². The third-order valence-corrected chi connectivity index (χ3v) is 2.90. The van der Waals surface area contributed by atoms with Crippen LogP contribution in [-0.4, -0.2) is 16.5 Å². The number of aromatic nitrogens is 2. The van der Waals surface area contributed by atoms with Crippen molar-refractivity contribution in [2.24, 2.45) is 0 Å². The molecule has 0 aliphatic carbocycles. The third-order valence-electron chi connectivity index (χ3n) is 2.24. The van der Waals surface area contributed by atoms with Gasteiger partial charge in [-0.3, -0.25) is 0 Å². The van der Waals surface area contributed by atoms with E-state index in [9.17, 15) is 4.39 Å². The number of rotatable bonds is 4. The molecule has 0 fully saturated rings. The molecule has 1 aromatic heterocycles. The van der Waals surface area contributed by atoms with E-state index in [2.05, 4.69) is 36.5 Å². The first-order chi connectivity index (χ1) is 8.70. The first-order valence-corrected chi connectivity index (χ1v) is 6.27. The highest BCUT2D eigenvalue weighted by Crippen LogP contribution is 2.28. The van der Waals surface area contributed by atoms with Crippen molar-refractivity contribution in [1.29, 1.82) is 0 Å². The van der Waals surface area contributed by atoms with Crippen molar-refractivity contribution < 1.29 is 4.39 Å². The fourth-order valence-corrected chi connectivity index (χ4v) is 1.89. The summed E-state index contributed by atoms with van der Waals surface area (Å²) in [6, 6.07) is 6.51. The minimum atomic E-state index is -0.340. The van der Waals surface area contributed by atoms with E-state index in [1.807, 2.05) is 6.92 Å². The molecule has 0 saturated heterocycles. The van der Waals surface area contributed by atoms with Crippen molar-refractivity contribution in [3.05, 3.63) is 40.9 Å². The average molecular weight is 311 g/mol. The van der Waals surface area contributed by atoms with Gasteiger partial charge in [-0.15, -0.1) is 0 Å². The van der Waals surface area contributed by atoms with Crippen LogP contribution in [0.2, 0.25) is 0 Å². The molecular formula is C12H12BrFN4. The summed E-state index contributed by atoms with van der Waals surface area (Å²) >= 11 is 3.29. The maximum absolute atomic E-state index is 13.6. The molecule has 4 nitrogen and oxygen atoms in total. The Hall–Kier alpha value is -1.69. The molecular weight excluding hydrogens is 299 g/mol. The molecule has 0 bridgehead atoms.